The molecule has 0 saturated heterocycles. The van der Waals surface area contributed by atoms with E-state index in [-0.39, 0.29) is 5.91 Å². The molecular weight excluding hydrogens is 408 g/mol. The van der Waals surface area contributed by atoms with Gasteiger partial charge >= 0.3 is 0 Å². The quantitative estimate of drug-likeness (QED) is 0.586. The maximum absolute atomic E-state index is 12.5. The number of hydrogen-bond acceptors (Lipinski definition) is 2. The standard InChI is InChI=1S/C21H17BrN2OS/c22-18-13-11-17(12-14-18)20(25)23-21(26)24(19-9-5-2-6-10-19)15-16-7-3-1-4-8-16/h1-14H,15H2,(H,23,25,26). The zero-order valence-electron chi connectivity index (χ0n) is 13.9. The summed E-state index contributed by atoms with van der Waals surface area (Å²) in [5.74, 6) is -0.225. The Balaban J connectivity index is 1.80. The summed E-state index contributed by atoms with van der Waals surface area (Å²) < 4.78 is 0.923. The van der Waals surface area contributed by atoms with Crippen molar-refractivity contribution in [3.05, 3.63) is 101 Å². The van der Waals surface area contributed by atoms with E-state index in [9.17, 15) is 4.79 Å². The Kier molecular flexibility index (Phi) is 6.15. The molecule has 1 N–H and O–H groups in total. The van der Waals surface area contributed by atoms with Crippen LogP contribution in [-0.2, 0) is 6.54 Å². The van der Waals surface area contributed by atoms with Crippen molar-refractivity contribution in [2.24, 2.45) is 0 Å². The third-order valence-electron chi connectivity index (χ3n) is 3.82. The molecular formula is C21H17BrN2OS. The van der Waals surface area contributed by atoms with Gasteiger partial charge in [0, 0.05) is 15.7 Å². The van der Waals surface area contributed by atoms with Crippen LogP contribution in [0.4, 0.5) is 5.69 Å². The van der Waals surface area contributed by atoms with Gasteiger partial charge in [0.15, 0.2) is 5.11 Å². The smallest absolute Gasteiger partial charge is 0.257 e. The third-order valence-corrected chi connectivity index (χ3v) is 4.67. The van der Waals surface area contributed by atoms with Gasteiger partial charge in [0.1, 0.15) is 0 Å². The minimum Gasteiger partial charge on any atom is -0.314 e. The summed E-state index contributed by atoms with van der Waals surface area (Å²) >= 11 is 8.91. The van der Waals surface area contributed by atoms with Crippen molar-refractivity contribution in [2.75, 3.05) is 4.90 Å². The lowest BCUT2D eigenvalue weighted by Gasteiger charge is -2.25. The predicted octanol–water partition coefficient (Wildman–Crippen LogP) is 5.17. The summed E-state index contributed by atoms with van der Waals surface area (Å²) in [4.78, 5) is 14.4. The number of hydrogen-bond donors (Lipinski definition) is 1. The molecule has 0 bridgehead atoms. The van der Waals surface area contributed by atoms with Crippen molar-refractivity contribution < 1.29 is 4.79 Å². The molecule has 0 atom stereocenters. The number of amides is 1. The fourth-order valence-electron chi connectivity index (χ4n) is 2.49. The lowest BCUT2D eigenvalue weighted by Crippen LogP contribution is -2.42. The second kappa shape index (κ2) is 8.74. The normalized spacial score (nSPS) is 10.2. The van der Waals surface area contributed by atoms with E-state index in [0.29, 0.717) is 17.2 Å². The molecule has 0 radical (unpaired) electrons. The predicted molar refractivity (Wildman–Crippen MR) is 113 cm³/mol. The first kappa shape index (κ1) is 18.3. The van der Waals surface area contributed by atoms with E-state index in [2.05, 4.69) is 21.2 Å². The van der Waals surface area contributed by atoms with Gasteiger partial charge < -0.3 is 4.90 Å². The summed E-state index contributed by atoms with van der Waals surface area (Å²) in [5, 5.41) is 3.21. The second-order valence-electron chi connectivity index (χ2n) is 5.67. The first-order chi connectivity index (χ1) is 12.6. The largest absolute Gasteiger partial charge is 0.314 e. The van der Waals surface area contributed by atoms with Crippen LogP contribution < -0.4 is 10.2 Å². The van der Waals surface area contributed by atoms with E-state index in [4.69, 9.17) is 12.2 Å². The molecule has 26 heavy (non-hydrogen) atoms. The molecule has 3 aromatic carbocycles. The van der Waals surface area contributed by atoms with Crippen LogP contribution in [0.5, 0.6) is 0 Å². The van der Waals surface area contributed by atoms with Gasteiger partial charge in [0.2, 0.25) is 0 Å². The molecule has 3 nitrogen and oxygen atoms in total. The van der Waals surface area contributed by atoms with E-state index < -0.39 is 0 Å². The number of rotatable bonds is 4. The minimum atomic E-state index is -0.225. The van der Waals surface area contributed by atoms with Crippen LogP contribution in [0, 0.1) is 0 Å². The molecule has 130 valence electrons. The molecule has 0 aliphatic rings. The van der Waals surface area contributed by atoms with Crippen molar-refractivity contribution in [3.63, 3.8) is 0 Å². The molecule has 0 spiro atoms. The number of nitrogens with one attached hydrogen (secondary N) is 1. The van der Waals surface area contributed by atoms with Crippen LogP contribution in [0.15, 0.2) is 89.4 Å². The number of benzene rings is 3. The van der Waals surface area contributed by atoms with Gasteiger partial charge in [0.25, 0.3) is 5.91 Å². The van der Waals surface area contributed by atoms with E-state index in [0.717, 1.165) is 15.7 Å². The number of thiocarbonyl (C=S) groups is 1. The first-order valence-electron chi connectivity index (χ1n) is 8.11. The monoisotopic (exact) mass is 424 g/mol. The Hall–Kier alpha value is -2.50. The molecule has 0 aliphatic heterocycles. The van der Waals surface area contributed by atoms with Gasteiger partial charge in [0.05, 0.1) is 6.54 Å². The molecule has 0 heterocycles. The highest BCUT2D eigenvalue weighted by atomic mass is 79.9. The fraction of sp³-hybridized carbons (Fsp3) is 0.0476. The zero-order chi connectivity index (χ0) is 18.4. The van der Waals surface area contributed by atoms with Crippen LogP contribution in [-0.4, -0.2) is 11.0 Å². The van der Waals surface area contributed by atoms with Gasteiger partial charge in [-0.1, -0.05) is 64.5 Å². The lowest BCUT2D eigenvalue weighted by atomic mass is 10.2. The highest BCUT2D eigenvalue weighted by molar-refractivity contribution is 9.10. The first-order valence-corrected chi connectivity index (χ1v) is 9.31. The maximum Gasteiger partial charge on any atom is 0.257 e. The Morgan fingerprint density at radius 3 is 2.08 bits per heavy atom. The van der Waals surface area contributed by atoms with Crippen molar-refractivity contribution in [3.8, 4) is 0 Å². The van der Waals surface area contributed by atoms with Crippen LogP contribution >= 0.6 is 28.1 Å². The van der Waals surface area contributed by atoms with E-state index in [1.807, 2.05) is 77.7 Å². The molecule has 0 fully saturated rings. The van der Waals surface area contributed by atoms with Crippen LogP contribution in [0.25, 0.3) is 0 Å². The Morgan fingerprint density at radius 2 is 1.46 bits per heavy atom. The maximum atomic E-state index is 12.5. The highest BCUT2D eigenvalue weighted by Gasteiger charge is 2.16. The Morgan fingerprint density at radius 1 is 0.885 bits per heavy atom. The van der Waals surface area contributed by atoms with Crippen molar-refractivity contribution in [1.82, 2.24) is 5.32 Å². The lowest BCUT2D eigenvalue weighted by molar-refractivity contribution is 0.0977. The highest BCUT2D eigenvalue weighted by Crippen LogP contribution is 2.18. The van der Waals surface area contributed by atoms with Crippen molar-refractivity contribution in [2.45, 2.75) is 6.54 Å². The number of nitrogens with zero attached hydrogens (tertiary/aromatic N) is 1. The number of anilines is 1. The van der Waals surface area contributed by atoms with Crippen molar-refractivity contribution >= 4 is 44.9 Å². The van der Waals surface area contributed by atoms with Crippen LogP contribution in [0.2, 0.25) is 0 Å². The summed E-state index contributed by atoms with van der Waals surface area (Å²) in [7, 11) is 0. The molecule has 5 heteroatoms. The van der Waals surface area contributed by atoms with Gasteiger partial charge in [-0.15, -0.1) is 0 Å². The molecule has 0 saturated carbocycles. The molecule has 3 rings (SSSR count). The molecule has 0 unspecified atom stereocenters. The van der Waals surface area contributed by atoms with Crippen LogP contribution in [0.3, 0.4) is 0 Å². The minimum absolute atomic E-state index is 0.225. The van der Waals surface area contributed by atoms with E-state index >= 15 is 0 Å². The van der Waals surface area contributed by atoms with Gasteiger partial charge in [-0.25, -0.2) is 0 Å². The number of halogens is 1. The van der Waals surface area contributed by atoms with Gasteiger partial charge in [-0.05, 0) is 54.2 Å². The van der Waals surface area contributed by atoms with Crippen LogP contribution in [0.1, 0.15) is 15.9 Å². The molecule has 0 aromatic heterocycles. The molecule has 1 amide bonds. The molecule has 0 aliphatic carbocycles. The van der Waals surface area contributed by atoms with Gasteiger partial charge in [-0.3, -0.25) is 10.1 Å². The summed E-state index contributed by atoms with van der Waals surface area (Å²) in [6.07, 6.45) is 0. The number of carbonyl (C=O) groups excluding carboxylic acids is 1. The number of para-hydroxylation sites is 1. The Bertz CT molecular complexity index is 883. The zero-order valence-corrected chi connectivity index (χ0v) is 16.3. The summed E-state index contributed by atoms with van der Waals surface area (Å²) in [6.45, 7) is 0.574. The van der Waals surface area contributed by atoms with Crippen molar-refractivity contribution in [1.29, 1.82) is 0 Å². The summed E-state index contributed by atoms with van der Waals surface area (Å²) in [5.41, 5.74) is 2.59. The molecule has 3 aromatic rings. The average Bonchev–Trinajstić information content (AvgIpc) is 2.68. The fourth-order valence-corrected chi connectivity index (χ4v) is 3.02. The second-order valence-corrected chi connectivity index (χ2v) is 6.98. The number of carbonyl (C=O) groups is 1. The van der Waals surface area contributed by atoms with E-state index in [1.54, 1.807) is 12.1 Å². The average molecular weight is 425 g/mol. The Labute approximate surface area is 166 Å². The van der Waals surface area contributed by atoms with E-state index in [1.165, 1.54) is 0 Å². The summed E-state index contributed by atoms with van der Waals surface area (Å²) in [6, 6.07) is 27.0. The van der Waals surface area contributed by atoms with Gasteiger partial charge in [-0.2, -0.15) is 0 Å². The SMILES string of the molecule is O=C(NC(=S)N(Cc1ccccc1)c1ccccc1)c1ccc(Br)cc1. The topological polar surface area (TPSA) is 32.3 Å². The third kappa shape index (κ3) is 4.77.